The molecule has 1 amide bonds. The van der Waals surface area contributed by atoms with Crippen LogP contribution in [0, 0.1) is 5.41 Å². The molecular weight excluding hydrogens is 288 g/mol. The quantitative estimate of drug-likeness (QED) is 0.822. The molecule has 1 aromatic carbocycles. The highest BCUT2D eigenvalue weighted by molar-refractivity contribution is 6.32. The molecule has 1 fully saturated rings. The molecule has 1 aliphatic rings. The van der Waals surface area contributed by atoms with Gasteiger partial charge in [0.15, 0.2) is 0 Å². The summed E-state index contributed by atoms with van der Waals surface area (Å²) in [7, 11) is 0. The van der Waals surface area contributed by atoms with Crippen LogP contribution in [0.2, 0.25) is 5.02 Å². The molecule has 0 aromatic heterocycles. The maximum atomic E-state index is 12.1. The van der Waals surface area contributed by atoms with E-state index in [2.05, 4.69) is 6.92 Å². The Kier molecular flexibility index (Phi) is 5.48. The number of hydrogen-bond acceptors (Lipinski definition) is 3. The first-order chi connectivity index (χ1) is 10.0. The Labute approximate surface area is 131 Å². The SMILES string of the molecule is CC1(CN)CCN(C(=O)CCCOc2ccccc2Cl)C1. The van der Waals surface area contributed by atoms with E-state index in [9.17, 15) is 4.79 Å². The zero-order valence-electron chi connectivity index (χ0n) is 12.5. The van der Waals surface area contributed by atoms with Gasteiger partial charge >= 0.3 is 0 Å². The molecule has 0 spiro atoms. The van der Waals surface area contributed by atoms with Crippen LogP contribution in [0.15, 0.2) is 24.3 Å². The molecule has 1 saturated heterocycles. The summed E-state index contributed by atoms with van der Waals surface area (Å²) in [4.78, 5) is 14.0. The maximum absolute atomic E-state index is 12.1. The molecule has 1 atom stereocenters. The van der Waals surface area contributed by atoms with E-state index >= 15 is 0 Å². The minimum absolute atomic E-state index is 0.0870. The summed E-state index contributed by atoms with van der Waals surface area (Å²) in [5.74, 6) is 0.860. The number of para-hydroxylation sites is 1. The molecule has 1 unspecified atom stereocenters. The number of carbonyl (C=O) groups excluding carboxylic acids is 1. The number of rotatable bonds is 6. The van der Waals surface area contributed by atoms with Gasteiger partial charge in [0.1, 0.15) is 5.75 Å². The predicted molar refractivity (Wildman–Crippen MR) is 84.5 cm³/mol. The highest BCUT2D eigenvalue weighted by atomic mass is 35.5. The fourth-order valence-electron chi connectivity index (χ4n) is 2.53. The van der Waals surface area contributed by atoms with Crippen molar-refractivity contribution in [3.8, 4) is 5.75 Å². The summed E-state index contributed by atoms with van der Waals surface area (Å²) < 4.78 is 5.59. The molecule has 1 aromatic rings. The van der Waals surface area contributed by atoms with Crippen LogP contribution in [-0.2, 0) is 4.79 Å². The van der Waals surface area contributed by atoms with Crippen molar-refractivity contribution in [2.45, 2.75) is 26.2 Å². The fourth-order valence-corrected chi connectivity index (χ4v) is 2.72. The molecule has 0 radical (unpaired) electrons. The maximum Gasteiger partial charge on any atom is 0.222 e. The molecule has 0 aliphatic carbocycles. The molecule has 2 rings (SSSR count). The van der Waals surface area contributed by atoms with E-state index < -0.39 is 0 Å². The van der Waals surface area contributed by atoms with Gasteiger partial charge in [-0.25, -0.2) is 0 Å². The zero-order valence-corrected chi connectivity index (χ0v) is 13.2. The first kappa shape index (κ1) is 16.1. The molecule has 2 N–H and O–H groups in total. The first-order valence-electron chi connectivity index (χ1n) is 7.39. The molecule has 0 bridgehead atoms. The lowest BCUT2D eigenvalue weighted by Gasteiger charge is -2.22. The molecule has 1 aliphatic heterocycles. The average Bonchev–Trinajstić information content (AvgIpc) is 2.88. The lowest BCUT2D eigenvalue weighted by molar-refractivity contribution is -0.130. The second-order valence-electron chi connectivity index (χ2n) is 5.96. The van der Waals surface area contributed by atoms with Crippen molar-refractivity contribution in [1.29, 1.82) is 0 Å². The third-order valence-corrected chi connectivity index (χ3v) is 4.34. The Morgan fingerprint density at radius 2 is 2.24 bits per heavy atom. The van der Waals surface area contributed by atoms with E-state index in [0.717, 1.165) is 19.5 Å². The Hall–Kier alpha value is -1.26. The highest BCUT2D eigenvalue weighted by Gasteiger charge is 2.34. The van der Waals surface area contributed by atoms with Crippen molar-refractivity contribution in [1.82, 2.24) is 4.90 Å². The van der Waals surface area contributed by atoms with E-state index in [-0.39, 0.29) is 11.3 Å². The molecule has 116 valence electrons. The minimum atomic E-state index is 0.0870. The third-order valence-electron chi connectivity index (χ3n) is 4.03. The Morgan fingerprint density at radius 1 is 1.48 bits per heavy atom. The van der Waals surface area contributed by atoms with Gasteiger partial charge in [0.05, 0.1) is 11.6 Å². The highest BCUT2D eigenvalue weighted by Crippen LogP contribution is 2.29. The summed E-state index contributed by atoms with van der Waals surface area (Å²) >= 11 is 6.00. The van der Waals surface area contributed by atoms with Crippen LogP contribution >= 0.6 is 11.6 Å². The van der Waals surface area contributed by atoms with E-state index in [1.54, 1.807) is 6.07 Å². The largest absolute Gasteiger partial charge is 0.492 e. The molecule has 21 heavy (non-hydrogen) atoms. The average molecular weight is 311 g/mol. The first-order valence-corrected chi connectivity index (χ1v) is 7.77. The molecule has 1 heterocycles. The van der Waals surface area contributed by atoms with Gasteiger partial charge in [-0.2, -0.15) is 0 Å². The number of halogens is 1. The van der Waals surface area contributed by atoms with Crippen LogP contribution in [0.25, 0.3) is 0 Å². The van der Waals surface area contributed by atoms with Crippen molar-refractivity contribution < 1.29 is 9.53 Å². The van der Waals surface area contributed by atoms with Crippen LogP contribution in [-0.4, -0.2) is 37.0 Å². The Balaban J connectivity index is 1.70. The fraction of sp³-hybridized carbons (Fsp3) is 0.562. The summed E-state index contributed by atoms with van der Waals surface area (Å²) in [5, 5.41) is 0.599. The topological polar surface area (TPSA) is 55.6 Å². The van der Waals surface area contributed by atoms with Gasteiger partial charge in [0.25, 0.3) is 0 Å². The zero-order chi connectivity index (χ0) is 15.3. The van der Waals surface area contributed by atoms with Crippen molar-refractivity contribution in [3.05, 3.63) is 29.3 Å². The standard InChI is InChI=1S/C16H23ClN2O2/c1-16(11-18)8-9-19(12-16)15(20)7-4-10-21-14-6-3-2-5-13(14)17/h2-3,5-6H,4,7-12,18H2,1H3. The van der Waals surface area contributed by atoms with Gasteiger partial charge in [-0.1, -0.05) is 30.7 Å². The van der Waals surface area contributed by atoms with Gasteiger partial charge < -0.3 is 15.4 Å². The van der Waals surface area contributed by atoms with Crippen LogP contribution in [0.4, 0.5) is 0 Å². The van der Waals surface area contributed by atoms with Crippen molar-refractivity contribution in [2.75, 3.05) is 26.2 Å². The summed E-state index contributed by atoms with van der Waals surface area (Å²) in [6, 6.07) is 7.36. The lowest BCUT2D eigenvalue weighted by Crippen LogP contribution is -2.34. The van der Waals surface area contributed by atoms with Gasteiger partial charge in [-0.15, -0.1) is 0 Å². The van der Waals surface area contributed by atoms with Gasteiger partial charge in [-0.3, -0.25) is 4.79 Å². The summed E-state index contributed by atoms with van der Waals surface area (Å²) in [6.07, 6.45) is 2.19. The number of amides is 1. The van der Waals surface area contributed by atoms with Gasteiger partial charge in [-0.05, 0) is 36.9 Å². The van der Waals surface area contributed by atoms with E-state index in [1.807, 2.05) is 23.1 Å². The monoisotopic (exact) mass is 310 g/mol. The number of benzene rings is 1. The van der Waals surface area contributed by atoms with Crippen LogP contribution in [0.5, 0.6) is 5.75 Å². The smallest absolute Gasteiger partial charge is 0.222 e. The molecule has 5 heteroatoms. The number of carbonyl (C=O) groups is 1. The summed E-state index contributed by atoms with van der Waals surface area (Å²) in [6.45, 7) is 4.86. The second-order valence-corrected chi connectivity index (χ2v) is 6.37. The molecular formula is C16H23ClN2O2. The van der Waals surface area contributed by atoms with Gasteiger partial charge in [0.2, 0.25) is 5.91 Å². The second kappa shape index (κ2) is 7.14. The number of hydrogen-bond donors (Lipinski definition) is 1. The van der Waals surface area contributed by atoms with Crippen LogP contribution in [0.3, 0.4) is 0 Å². The summed E-state index contributed by atoms with van der Waals surface area (Å²) in [5.41, 5.74) is 5.85. The third kappa shape index (κ3) is 4.35. The van der Waals surface area contributed by atoms with Crippen molar-refractivity contribution >= 4 is 17.5 Å². The number of ether oxygens (including phenoxy) is 1. The van der Waals surface area contributed by atoms with E-state index in [0.29, 0.717) is 36.8 Å². The number of nitrogens with zero attached hydrogens (tertiary/aromatic N) is 1. The normalized spacial score (nSPS) is 21.6. The van der Waals surface area contributed by atoms with Gasteiger partial charge in [0, 0.05) is 19.5 Å². The van der Waals surface area contributed by atoms with Crippen LogP contribution in [0.1, 0.15) is 26.2 Å². The molecule has 0 saturated carbocycles. The minimum Gasteiger partial charge on any atom is -0.492 e. The van der Waals surface area contributed by atoms with Crippen LogP contribution < -0.4 is 10.5 Å². The lowest BCUT2D eigenvalue weighted by atomic mass is 9.90. The van der Waals surface area contributed by atoms with E-state index in [4.69, 9.17) is 22.1 Å². The Morgan fingerprint density at radius 3 is 2.90 bits per heavy atom. The number of likely N-dealkylation sites (tertiary alicyclic amines) is 1. The number of nitrogens with two attached hydrogens (primary N) is 1. The van der Waals surface area contributed by atoms with E-state index in [1.165, 1.54) is 0 Å². The van der Waals surface area contributed by atoms with Crippen molar-refractivity contribution in [2.24, 2.45) is 11.1 Å². The molecule has 4 nitrogen and oxygen atoms in total. The van der Waals surface area contributed by atoms with Crippen molar-refractivity contribution in [3.63, 3.8) is 0 Å². The Bertz CT molecular complexity index is 495. The predicted octanol–water partition coefficient (Wildman–Crippen LogP) is 2.70.